The number of ether oxygens (including phenoxy) is 4. The maximum atomic E-state index is 12.8. The fourth-order valence-corrected chi connectivity index (χ4v) is 6.19. The summed E-state index contributed by atoms with van der Waals surface area (Å²) < 4.78 is 58.8. The highest BCUT2D eigenvalue weighted by Crippen LogP contribution is 2.26. The maximum Gasteiger partial charge on any atom is 0.397 e. The molecule has 0 radical (unpaired) electrons. The number of carbonyl (C=O) groups is 1. The minimum atomic E-state index is -5.06. The highest BCUT2D eigenvalue weighted by Gasteiger charge is 2.48. The Labute approximate surface area is 319 Å². The molecule has 1 fully saturated rings. The van der Waals surface area contributed by atoms with E-state index in [0.717, 1.165) is 89.9 Å². The summed E-state index contributed by atoms with van der Waals surface area (Å²) in [6.07, 6.45) is 27.3. The van der Waals surface area contributed by atoms with E-state index in [1.54, 1.807) is 0 Å². The third kappa shape index (κ3) is 26.5. The second-order valence-corrected chi connectivity index (χ2v) is 14.5. The quantitative estimate of drug-likeness (QED) is 0.0228. The van der Waals surface area contributed by atoms with E-state index in [2.05, 4.69) is 66.6 Å². The number of allylic oxidation sites excluding steroid dienone is 8. The van der Waals surface area contributed by atoms with E-state index in [-0.39, 0.29) is 19.6 Å². The molecule has 12 nitrogen and oxygen atoms in total. The molecule has 6 unspecified atom stereocenters. The lowest BCUT2D eigenvalue weighted by atomic mass is 9.99. The monoisotopic (exact) mass is 774 g/mol. The van der Waals surface area contributed by atoms with E-state index in [9.17, 15) is 28.5 Å². The Hall–Kier alpha value is -1.94. The Morgan fingerprint density at radius 2 is 1.30 bits per heavy atom. The molecule has 1 rings (SSSR count). The molecule has 0 spiro atoms. The Bertz CT molecular complexity index is 1120. The van der Waals surface area contributed by atoms with Gasteiger partial charge in [0, 0.05) is 13.0 Å². The largest absolute Gasteiger partial charge is 0.457 e. The Balaban J connectivity index is 2.52. The van der Waals surface area contributed by atoms with Crippen LogP contribution >= 0.6 is 0 Å². The first-order chi connectivity index (χ1) is 25.6. The molecule has 308 valence electrons. The van der Waals surface area contributed by atoms with E-state index in [4.69, 9.17) is 23.5 Å². The predicted octanol–water partition coefficient (Wildman–Crippen LogP) is 7.23. The molecule has 0 aliphatic carbocycles. The molecule has 6 atom stereocenters. The molecule has 1 aliphatic rings. The molecule has 0 aromatic heterocycles. The molecule has 1 heterocycles. The Morgan fingerprint density at radius 1 is 0.736 bits per heavy atom. The zero-order chi connectivity index (χ0) is 39.0. The predicted molar refractivity (Wildman–Crippen MR) is 206 cm³/mol. The van der Waals surface area contributed by atoms with Crippen LogP contribution in [0.3, 0.4) is 0 Å². The fourth-order valence-electron chi connectivity index (χ4n) is 5.68. The van der Waals surface area contributed by atoms with Gasteiger partial charge in [0.15, 0.2) is 6.29 Å². The van der Waals surface area contributed by atoms with Gasteiger partial charge in [-0.3, -0.25) is 9.35 Å². The molecule has 0 bridgehead atoms. The molecular weight excluding hydrogens is 704 g/mol. The van der Waals surface area contributed by atoms with E-state index < -0.39 is 59.8 Å². The zero-order valence-corrected chi connectivity index (χ0v) is 33.1. The number of hydrogen-bond acceptors (Lipinski definition) is 11. The highest BCUT2D eigenvalue weighted by molar-refractivity contribution is 7.80. The number of hydrogen-bond donors (Lipinski definition) is 4. The van der Waals surface area contributed by atoms with Gasteiger partial charge in [-0.2, -0.15) is 8.42 Å². The Morgan fingerprint density at radius 3 is 1.92 bits per heavy atom. The van der Waals surface area contributed by atoms with Crippen molar-refractivity contribution in [1.29, 1.82) is 0 Å². The third-order valence-corrected chi connectivity index (χ3v) is 9.15. The summed E-state index contributed by atoms with van der Waals surface area (Å²) in [4.78, 5) is 12.8. The summed E-state index contributed by atoms with van der Waals surface area (Å²) >= 11 is 0. The lowest BCUT2D eigenvalue weighted by Crippen LogP contribution is -2.60. The molecule has 0 amide bonds. The summed E-state index contributed by atoms with van der Waals surface area (Å²) in [7, 11) is -5.06. The summed E-state index contributed by atoms with van der Waals surface area (Å²) in [6.45, 7) is 3.75. The molecule has 13 heteroatoms. The summed E-state index contributed by atoms with van der Waals surface area (Å²) in [5.74, 6) is -0.421. The number of rotatable bonds is 33. The van der Waals surface area contributed by atoms with Gasteiger partial charge >= 0.3 is 16.4 Å². The number of aliphatic hydroxyl groups excluding tert-OH is 3. The van der Waals surface area contributed by atoms with Crippen LogP contribution < -0.4 is 0 Å². The highest BCUT2D eigenvalue weighted by atomic mass is 32.3. The smallest absolute Gasteiger partial charge is 0.397 e. The number of carbonyl (C=O) groups excluding carboxylic acids is 1. The van der Waals surface area contributed by atoms with Gasteiger partial charge < -0.3 is 34.3 Å². The first kappa shape index (κ1) is 49.1. The van der Waals surface area contributed by atoms with Crippen molar-refractivity contribution in [1.82, 2.24) is 0 Å². The average molecular weight is 775 g/mol. The van der Waals surface area contributed by atoms with Crippen LogP contribution in [0.4, 0.5) is 0 Å². The molecule has 0 aromatic carbocycles. The van der Waals surface area contributed by atoms with Gasteiger partial charge in [-0.1, -0.05) is 107 Å². The van der Waals surface area contributed by atoms with Crippen molar-refractivity contribution in [3.8, 4) is 0 Å². The van der Waals surface area contributed by atoms with Gasteiger partial charge in [0.2, 0.25) is 0 Å². The van der Waals surface area contributed by atoms with Crippen molar-refractivity contribution in [3.63, 3.8) is 0 Å². The van der Waals surface area contributed by atoms with Crippen molar-refractivity contribution in [2.45, 2.75) is 173 Å². The van der Waals surface area contributed by atoms with Crippen LogP contribution in [0.1, 0.15) is 136 Å². The molecule has 1 aliphatic heterocycles. The lowest BCUT2D eigenvalue weighted by molar-refractivity contribution is -0.301. The van der Waals surface area contributed by atoms with Crippen molar-refractivity contribution in [2.75, 3.05) is 26.4 Å². The topological polar surface area (TPSA) is 178 Å². The van der Waals surface area contributed by atoms with Crippen LogP contribution in [0.2, 0.25) is 0 Å². The summed E-state index contributed by atoms with van der Waals surface area (Å²) in [5, 5.41) is 30.5. The first-order valence-electron chi connectivity index (χ1n) is 19.9. The number of aliphatic hydroxyl groups is 3. The summed E-state index contributed by atoms with van der Waals surface area (Å²) in [6, 6.07) is 0. The number of esters is 1. The minimum Gasteiger partial charge on any atom is -0.457 e. The SMILES string of the molecule is CC/C=C\C/C=C\C/C=C\CCCCCCOCC(COC1OC(CO)C(O)C(OS(=O)(=O)O)C1O)OC(=O)CCCCCCC/C=C\CCCCC. The van der Waals surface area contributed by atoms with Crippen LogP contribution in [-0.4, -0.2) is 97.5 Å². The maximum absolute atomic E-state index is 12.8. The van der Waals surface area contributed by atoms with E-state index in [0.29, 0.717) is 13.0 Å². The average Bonchev–Trinajstić information content (AvgIpc) is 3.12. The van der Waals surface area contributed by atoms with E-state index in [1.807, 2.05) is 0 Å². The fraction of sp³-hybridized carbons (Fsp3) is 0.775. The van der Waals surface area contributed by atoms with Gasteiger partial charge in [0.1, 0.15) is 30.5 Å². The van der Waals surface area contributed by atoms with Gasteiger partial charge in [-0.25, -0.2) is 4.18 Å². The molecule has 0 aromatic rings. The van der Waals surface area contributed by atoms with Gasteiger partial charge in [-0.15, -0.1) is 0 Å². The van der Waals surface area contributed by atoms with Crippen LogP contribution in [0.5, 0.6) is 0 Å². The van der Waals surface area contributed by atoms with Crippen LogP contribution in [0.15, 0.2) is 48.6 Å². The molecule has 0 saturated carbocycles. The third-order valence-electron chi connectivity index (χ3n) is 8.68. The van der Waals surface area contributed by atoms with Crippen molar-refractivity contribution in [3.05, 3.63) is 48.6 Å². The second kappa shape index (κ2) is 32.3. The van der Waals surface area contributed by atoms with Crippen LogP contribution in [0.25, 0.3) is 0 Å². The normalized spacial score (nSPS) is 21.8. The van der Waals surface area contributed by atoms with Crippen LogP contribution in [-0.2, 0) is 38.3 Å². The molecule has 4 N–H and O–H groups in total. The summed E-state index contributed by atoms with van der Waals surface area (Å²) in [5.41, 5.74) is 0. The molecular formula is C40H70O12S. The van der Waals surface area contributed by atoms with E-state index in [1.165, 1.54) is 19.3 Å². The zero-order valence-electron chi connectivity index (χ0n) is 32.3. The van der Waals surface area contributed by atoms with Gasteiger partial charge in [0.05, 0.1) is 19.8 Å². The number of unbranched alkanes of at least 4 members (excludes halogenated alkanes) is 12. The second-order valence-electron chi connectivity index (χ2n) is 13.5. The van der Waals surface area contributed by atoms with Gasteiger partial charge in [0.25, 0.3) is 0 Å². The Kier molecular flexibility index (Phi) is 29.9. The lowest BCUT2D eigenvalue weighted by Gasteiger charge is -2.41. The molecule has 1 saturated heterocycles. The standard InChI is InChI=1S/C40H70O12S/c1-3-5-7-9-11-13-15-17-18-20-22-24-26-28-30-48-32-34(50-36(42)29-27-25-23-21-19-16-14-12-10-8-6-4-2)33-49-40-38(44)39(52-53(45,46)47)37(43)35(31-41)51-40/h5,7,11-14,17-18,34-35,37-41,43-44H,3-4,6,8-10,15-16,19-33H2,1-2H3,(H,45,46,47)/b7-5-,13-11-,14-12-,18-17-. The molecule has 53 heavy (non-hydrogen) atoms. The van der Waals surface area contributed by atoms with Crippen molar-refractivity contribution in [2.24, 2.45) is 0 Å². The van der Waals surface area contributed by atoms with Crippen molar-refractivity contribution < 1.29 is 56.2 Å². The first-order valence-corrected chi connectivity index (χ1v) is 21.3. The van der Waals surface area contributed by atoms with Crippen molar-refractivity contribution >= 4 is 16.4 Å². The van der Waals surface area contributed by atoms with E-state index >= 15 is 0 Å². The van der Waals surface area contributed by atoms with Crippen LogP contribution in [0, 0.1) is 0 Å². The minimum absolute atomic E-state index is 0.0159. The van der Waals surface area contributed by atoms with Gasteiger partial charge in [-0.05, 0) is 70.6 Å².